The number of rotatable bonds is 5. The SMILES string of the molecule is CCCCC(C(=O)O)(C(=O)O)C(C)(C)C.[H-].[Na+]. The number of hydrogen-bond acceptors (Lipinski definition) is 2. The minimum absolute atomic E-state index is 0. The van der Waals surface area contributed by atoms with Crippen molar-refractivity contribution >= 4 is 11.9 Å². The standard InChI is InChI=1S/C11H20O4.Na.H/c1-5-6-7-11(8(12)13,9(14)15)10(2,3)4;;/h5-7H2,1-4H3,(H,12,13)(H,14,15);;/q;+1;-1. The van der Waals surface area contributed by atoms with Crippen LogP contribution in [0, 0.1) is 10.8 Å². The molecule has 16 heavy (non-hydrogen) atoms. The largest absolute Gasteiger partial charge is 1.00 e. The molecule has 0 aliphatic heterocycles. The zero-order valence-electron chi connectivity index (χ0n) is 11.8. The molecule has 0 saturated heterocycles. The van der Waals surface area contributed by atoms with Gasteiger partial charge >= 0.3 is 41.5 Å². The fraction of sp³-hybridized carbons (Fsp3) is 0.818. The van der Waals surface area contributed by atoms with Gasteiger partial charge in [-0.05, 0) is 11.8 Å². The fourth-order valence-electron chi connectivity index (χ4n) is 1.76. The summed E-state index contributed by atoms with van der Waals surface area (Å²) >= 11 is 0. The van der Waals surface area contributed by atoms with Gasteiger partial charge < -0.3 is 11.6 Å². The van der Waals surface area contributed by atoms with Crippen LogP contribution in [0.15, 0.2) is 0 Å². The summed E-state index contributed by atoms with van der Waals surface area (Å²) in [5.74, 6) is -2.48. The Morgan fingerprint density at radius 3 is 1.69 bits per heavy atom. The average Bonchev–Trinajstić information content (AvgIpc) is 2.01. The number of hydrogen-bond donors (Lipinski definition) is 2. The van der Waals surface area contributed by atoms with Crippen molar-refractivity contribution in [2.24, 2.45) is 10.8 Å². The molecule has 90 valence electrons. The normalized spacial score (nSPS) is 11.8. The van der Waals surface area contributed by atoms with E-state index in [4.69, 9.17) is 0 Å². The minimum Gasteiger partial charge on any atom is -1.00 e. The Morgan fingerprint density at radius 2 is 1.50 bits per heavy atom. The van der Waals surface area contributed by atoms with Crippen molar-refractivity contribution in [3.05, 3.63) is 0 Å². The molecule has 0 fully saturated rings. The van der Waals surface area contributed by atoms with Crippen LogP contribution in [0.2, 0.25) is 0 Å². The summed E-state index contributed by atoms with van der Waals surface area (Å²) in [5, 5.41) is 18.4. The van der Waals surface area contributed by atoms with Crippen LogP contribution in [0.3, 0.4) is 0 Å². The molecule has 0 spiro atoms. The molecular formula is C11H21NaO4. The molecule has 0 aromatic heterocycles. The van der Waals surface area contributed by atoms with Gasteiger partial charge in [-0.25, -0.2) is 0 Å². The number of carboxylic acids is 2. The van der Waals surface area contributed by atoms with Gasteiger partial charge in [0.2, 0.25) is 0 Å². The second-order valence-electron chi connectivity index (χ2n) is 4.87. The second kappa shape index (κ2) is 6.62. The van der Waals surface area contributed by atoms with Crippen LogP contribution >= 0.6 is 0 Å². The van der Waals surface area contributed by atoms with Gasteiger partial charge in [-0.2, -0.15) is 0 Å². The minimum atomic E-state index is -1.68. The Hall–Kier alpha value is -0.0600. The van der Waals surface area contributed by atoms with E-state index in [2.05, 4.69) is 0 Å². The van der Waals surface area contributed by atoms with Crippen molar-refractivity contribution in [3.63, 3.8) is 0 Å². The summed E-state index contributed by atoms with van der Waals surface area (Å²) in [6.07, 6.45) is 1.58. The number of carbonyl (C=O) groups is 2. The molecule has 0 unspecified atom stereocenters. The molecule has 0 bridgehead atoms. The maximum atomic E-state index is 11.2. The molecule has 0 rings (SSSR count). The quantitative estimate of drug-likeness (QED) is 0.501. The van der Waals surface area contributed by atoms with Crippen molar-refractivity contribution in [1.29, 1.82) is 0 Å². The van der Waals surface area contributed by atoms with Gasteiger partial charge in [0.1, 0.15) is 0 Å². The number of carboxylic acid groups (broad SMARTS) is 2. The van der Waals surface area contributed by atoms with E-state index in [1.165, 1.54) is 0 Å². The molecule has 0 amide bonds. The van der Waals surface area contributed by atoms with Crippen LogP contribution < -0.4 is 29.6 Å². The van der Waals surface area contributed by atoms with Crippen molar-refractivity contribution in [2.45, 2.75) is 47.0 Å². The van der Waals surface area contributed by atoms with E-state index >= 15 is 0 Å². The summed E-state index contributed by atoms with van der Waals surface area (Å²) < 4.78 is 0. The first-order valence-corrected chi connectivity index (χ1v) is 5.17. The molecular weight excluding hydrogens is 219 g/mol. The zero-order valence-corrected chi connectivity index (χ0v) is 12.8. The maximum absolute atomic E-state index is 11.2. The Labute approximate surface area is 120 Å². The van der Waals surface area contributed by atoms with Gasteiger partial charge in [0.15, 0.2) is 5.41 Å². The molecule has 5 heteroatoms. The van der Waals surface area contributed by atoms with E-state index in [9.17, 15) is 19.8 Å². The Bertz CT molecular complexity index is 247. The molecule has 0 aromatic rings. The Balaban J connectivity index is -0.000000980. The number of aliphatic carboxylic acids is 2. The van der Waals surface area contributed by atoms with E-state index in [1.54, 1.807) is 20.8 Å². The van der Waals surface area contributed by atoms with Crippen LogP contribution in [0.4, 0.5) is 0 Å². The summed E-state index contributed by atoms with van der Waals surface area (Å²) in [6, 6.07) is 0. The first kappa shape index (κ1) is 18.3. The number of unbranched alkanes of at least 4 members (excludes halogenated alkanes) is 1. The van der Waals surface area contributed by atoms with Crippen LogP contribution in [0.5, 0.6) is 0 Å². The van der Waals surface area contributed by atoms with E-state index in [1.807, 2.05) is 6.92 Å². The van der Waals surface area contributed by atoms with Gasteiger partial charge in [0.25, 0.3) is 0 Å². The zero-order chi connectivity index (χ0) is 12.3. The molecule has 0 aliphatic rings. The molecule has 4 nitrogen and oxygen atoms in total. The van der Waals surface area contributed by atoms with Gasteiger partial charge in [-0.15, -0.1) is 0 Å². The van der Waals surface area contributed by atoms with E-state index in [-0.39, 0.29) is 37.4 Å². The molecule has 0 heterocycles. The molecule has 0 aliphatic carbocycles. The summed E-state index contributed by atoms with van der Waals surface area (Å²) in [6.45, 7) is 6.89. The van der Waals surface area contributed by atoms with Crippen LogP contribution in [-0.4, -0.2) is 22.2 Å². The average molecular weight is 240 g/mol. The first-order valence-electron chi connectivity index (χ1n) is 5.17. The predicted molar refractivity (Wildman–Crippen MR) is 57.8 cm³/mol. The first-order chi connectivity index (χ1) is 6.70. The van der Waals surface area contributed by atoms with Gasteiger partial charge in [0.05, 0.1) is 0 Å². The van der Waals surface area contributed by atoms with E-state index in [0.29, 0.717) is 6.42 Å². The third kappa shape index (κ3) is 3.47. The van der Waals surface area contributed by atoms with Gasteiger partial charge in [-0.1, -0.05) is 40.5 Å². The van der Waals surface area contributed by atoms with Crippen molar-refractivity contribution in [1.82, 2.24) is 0 Å². The monoisotopic (exact) mass is 240 g/mol. The van der Waals surface area contributed by atoms with Crippen molar-refractivity contribution in [3.8, 4) is 0 Å². The van der Waals surface area contributed by atoms with E-state index < -0.39 is 22.8 Å². The Kier molecular flexibility index (Phi) is 7.58. The van der Waals surface area contributed by atoms with Crippen LogP contribution in [0.1, 0.15) is 48.4 Å². The third-order valence-electron chi connectivity index (χ3n) is 2.92. The van der Waals surface area contributed by atoms with Crippen LogP contribution in [-0.2, 0) is 9.59 Å². The van der Waals surface area contributed by atoms with E-state index in [0.717, 1.165) is 6.42 Å². The molecule has 0 saturated carbocycles. The van der Waals surface area contributed by atoms with Gasteiger partial charge in [-0.3, -0.25) is 9.59 Å². The molecule has 2 N–H and O–H groups in total. The predicted octanol–water partition coefficient (Wildman–Crippen LogP) is -0.505. The summed E-state index contributed by atoms with van der Waals surface area (Å²) in [7, 11) is 0. The fourth-order valence-corrected chi connectivity index (χ4v) is 1.76. The summed E-state index contributed by atoms with van der Waals surface area (Å²) in [4.78, 5) is 22.5. The maximum Gasteiger partial charge on any atom is 1.00 e. The second-order valence-corrected chi connectivity index (χ2v) is 4.87. The van der Waals surface area contributed by atoms with Crippen molar-refractivity contribution in [2.75, 3.05) is 0 Å². The third-order valence-corrected chi connectivity index (χ3v) is 2.92. The van der Waals surface area contributed by atoms with Crippen molar-refractivity contribution < 1.29 is 50.8 Å². The molecule has 0 atom stereocenters. The van der Waals surface area contributed by atoms with Gasteiger partial charge in [0, 0.05) is 0 Å². The Morgan fingerprint density at radius 1 is 1.12 bits per heavy atom. The topological polar surface area (TPSA) is 74.6 Å². The molecule has 0 aromatic carbocycles. The smallest absolute Gasteiger partial charge is 1.00 e. The summed E-state index contributed by atoms with van der Waals surface area (Å²) in [5.41, 5.74) is -2.47. The van der Waals surface area contributed by atoms with Crippen LogP contribution in [0.25, 0.3) is 0 Å². The molecule has 0 radical (unpaired) electrons.